The summed E-state index contributed by atoms with van der Waals surface area (Å²) in [6, 6.07) is 6.83. The maximum absolute atomic E-state index is 11.7. The second kappa shape index (κ2) is 5.96. The number of benzene rings is 1. The normalized spacial score (nSPS) is 12.1. The maximum Gasteiger partial charge on any atom is 0.234 e. The van der Waals surface area contributed by atoms with Crippen molar-refractivity contribution < 1.29 is 8.42 Å². The van der Waals surface area contributed by atoms with Crippen molar-refractivity contribution in [3.05, 3.63) is 52.4 Å². The predicted molar refractivity (Wildman–Crippen MR) is 72.6 cm³/mol. The zero-order valence-corrected chi connectivity index (χ0v) is 11.3. The molecule has 2 rings (SSSR count). The van der Waals surface area contributed by atoms with Crippen molar-refractivity contribution in [2.24, 2.45) is 0 Å². The smallest absolute Gasteiger partial charge is 0.234 e. The van der Waals surface area contributed by atoms with Crippen LogP contribution < -0.4 is 4.72 Å². The Bertz CT molecular complexity index is 651. The Morgan fingerprint density at radius 2 is 2.05 bits per heavy atom. The molecule has 1 heterocycles. The molecular weight excluding hydrogens is 288 g/mol. The van der Waals surface area contributed by atoms with Gasteiger partial charge >= 0.3 is 0 Å². The zero-order valence-electron chi connectivity index (χ0n) is 9.75. The first-order valence-electron chi connectivity index (χ1n) is 5.33. The van der Waals surface area contributed by atoms with E-state index >= 15 is 0 Å². The Morgan fingerprint density at radius 1 is 1.32 bits per heavy atom. The first kappa shape index (κ1) is 13.7. The van der Waals surface area contributed by atoms with Crippen LogP contribution in [-0.4, -0.2) is 23.6 Å². The fourth-order valence-electron chi connectivity index (χ4n) is 1.28. The number of nitrogens with zero attached hydrogens (tertiary/aromatic N) is 2. The minimum Gasteiger partial charge on any atom is -0.262 e. The third kappa shape index (κ3) is 4.47. The van der Waals surface area contributed by atoms with Crippen LogP contribution in [0.4, 0.5) is 0 Å². The largest absolute Gasteiger partial charge is 0.262 e. The summed E-state index contributed by atoms with van der Waals surface area (Å²) >= 11 is 5.74. The quantitative estimate of drug-likeness (QED) is 0.876. The van der Waals surface area contributed by atoms with Crippen LogP contribution in [0.15, 0.2) is 36.0 Å². The topological polar surface area (TPSA) is 87.7 Å². The summed E-state index contributed by atoms with van der Waals surface area (Å²) in [6.07, 6.45) is 2.80. The van der Waals surface area contributed by atoms with E-state index in [0.29, 0.717) is 10.8 Å². The minimum atomic E-state index is -3.52. The lowest BCUT2D eigenvalue weighted by Crippen LogP contribution is -2.21. The molecule has 1 aromatic heterocycles. The van der Waals surface area contributed by atoms with E-state index in [1.807, 2.05) is 0 Å². The summed E-state index contributed by atoms with van der Waals surface area (Å²) in [6.45, 7) is 0.0628. The highest BCUT2D eigenvalue weighted by Crippen LogP contribution is 2.11. The molecule has 0 aliphatic heterocycles. The van der Waals surface area contributed by atoms with Gasteiger partial charge in [-0.15, -0.1) is 0 Å². The van der Waals surface area contributed by atoms with Gasteiger partial charge in [0.25, 0.3) is 0 Å². The van der Waals surface area contributed by atoms with Gasteiger partial charge in [-0.1, -0.05) is 23.7 Å². The molecule has 0 aliphatic carbocycles. The molecule has 0 saturated heterocycles. The summed E-state index contributed by atoms with van der Waals surface area (Å²) in [5.41, 5.74) is 0.745. The Kier molecular flexibility index (Phi) is 4.31. The number of hydrogen-bond donors (Lipinski definition) is 2. The van der Waals surface area contributed by atoms with E-state index in [2.05, 4.69) is 19.9 Å². The Morgan fingerprint density at radius 3 is 2.68 bits per heavy atom. The molecule has 0 aliphatic rings. The third-order valence-electron chi connectivity index (χ3n) is 2.22. The van der Waals surface area contributed by atoms with Gasteiger partial charge in [0.05, 0.1) is 6.54 Å². The molecule has 0 amide bonds. The van der Waals surface area contributed by atoms with Crippen molar-refractivity contribution in [2.45, 2.75) is 6.54 Å². The van der Waals surface area contributed by atoms with Gasteiger partial charge < -0.3 is 0 Å². The molecule has 19 heavy (non-hydrogen) atoms. The maximum atomic E-state index is 11.7. The Hall–Kier alpha value is -1.70. The minimum absolute atomic E-state index is 0.0628. The van der Waals surface area contributed by atoms with Gasteiger partial charge in [-0.25, -0.2) is 18.1 Å². The Balaban J connectivity index is 1.98. The molecule has 2 aromatic rings. The molecule has 2 N–H and O–H groups in total. The second-order valence-electron chi connectivity index (χ2n) is 3.65. The molecule has 100 valence electrons. The summed E-state index contributed by atoms with van der Waals surface area (Å²) in [7, 11) is -3.52. The second-order valence-corrected chi connectivity index (χ2v) is 5.74. The van der Waals surface area contributed by atoms with E-state index in [-0.39, 0.29) is 6.54 Å². The summed E-state index contributed by atoms with van der Waals surface area (Å²) in [5, 5.41) is 7.88. The number of hydrogen-bond acceptors (Lipinski definition) is 4. The number of rotatable bonds is 5. The highest BCUT2D eigenvalue weighted by atomic mass is 35.5. The van der Waals surface area contributed by atoms with Crippen LogP contribution in [0.2, 0.25) is 5.02 Å². The van der Waals surface area contributed by atoms with E-state index in [4.69, 9.17) is 11.6 Å². The van der Waals surface area contributed by atoms with Crippen molar-refractivity contribution >= 4 is 27.7 Å². The van der Waals surface area contributed by atoms with Gasteiger partial charge in [-0.2, -0.15) is 5.10 Å². The van der Waals surface area contributed by atoms with E-state index in [1.54, 1.807) is 24.3 Å². The van der Waals surface area contributed by atoms with Crippen LogP contribution >= 0.6 is 11.6 Å². The van der Waals surface area contributed by atoms with Crippen molar-refractivity contribution in [1.29, 1.82) is 0 Å². The molecular formula is C11H11ClN4O2S. The molecule has 6 nitrogen and oxygen atoms in total. The van der Waals surface area contributed by atoms with Gasteiger partial charge in [0.1, 0.15) is 12.2 Å². The Labute approximate surface area is 115 Å². The van der Waals surface area contributed by atoms with E-state index in [1.165, 1.54) is 12.4 Å². The van der Waals surface area contributed by atoms with E-state index in [9.17, 15) is 8.42 Å². The van der Waals surface area contributed by atoms with Crippen LogP contribution in [0.25, 0.3) is 6.08 Å². The fourth-order valence-corrected chi connectivity index (χ4v) is 2.17. The average Bonchev–Trinajstić information content (AvgIpc) is 2.89. The van der Waals surface area contributed by atoms with Crippen molar-refractivity contribution in [2.75, 3.05) is 0 Å². The number of sulfonamides is 1. The summed E-state index contributed by atoms with van der Waals surface area (Å²) in [5.74, 6) is 0.448. The highest BCUT2D eigenvalue weighted by molar-refractivity contribution is 7.92. The van der Waals surface area contributed by atoms with Gasteiger partial charge in [-0.05, 0) is 23.8 Å². The SMILES string of the molecule is O=S(=O)(/C=C/c1ccc(Cl)cc1)NCc1ncn[nH]1. The van der Waals surface area contributed by atoms with Crippen LogP contribution in [0.5, 0.6) is 0 Å². The fraction of sp³-hybridized carbons (Fsp3) is 0.0909. The average molecular weight is 299 g/mol. The van der Waals surface area contributed by atoms with Gasteiger partial charge in [0, 0.05) is 10.4 Å². The molecule has 0 radical (unpaired) electrons. The van der Waals surface area contributed by atoms with Gasteiger partial charge in [-0.3, -0.25) is 5.10 Å². The number of halogens is 1. The standard InChI is InChI=1S/C11H11ClN4O2S/c12-10-3-1-9(2-4-10)5-6-19(17,18)15-7-11-13-8-14-16-11/h1-6,8,15H,7H2,(H,13,14,16)/b6-5+. The lowest BCUT2D eigenvalue weighted by atomic mass is 10.2. The lowest BCUT2D eigenvalue weighted by molar-refractivity contribution is 0.589. The molecule has 0 saturated carbocycles. The molecule has 0 spiro atoms. The summed E-state index contributed by atoms with van der Waals surface area (Å²) < 4.78 is 25.7. The van der Waals surface area contributed by atoms with Gasteiger partial charge in [0.2, 0.25) is 10.0 Å². The van der Waals surface area contributed by atoms with Crippen molar-refractivity contribution in [1.82, 2.24) is 19.9 Å². The molecule has 0 unspecified atom stereocenters. The number of H-pyrrole nitrogens is 1. The molecule has 0 atom stereocenters. The lowest BCUT2D eigenvalue weighted by Gasteiger charge is -1.99. The first-order valence-corrected chi connectivity index (χ1v) is 7.25. The number of aromatic amines is 1. The highest BCUT2D eigenvalue weighted by Gasteiger charge is 2.06. The molecule has 8 heteroatoms. The predicted octanol–water partition coefficient (Wildman–Crippen LogP) is 1.55. The molecule has 1 aromatic carbocycles. The van der Waals surface area contributed by atoms with Crippen molar-refractivity contribution in [3.63, 3.8) is 0 Å². The molecule has 0 bridgehead atoms. The zero-order chi connectivity index (χ0) is 13.7. The van der Waals surface area contributed by atoms with Gasteiger partial charge in [0.15, 0.2) is 0 Å². The monoisotopic (exact) mass is 298 g/mol. The van der Waals surface area contributed by atoms with Crippen molar-refractivity contribution in [3.8, 4) is 0 Å². The van der Waals surface area contributed by atoms with Crippen LogP contribution in [-0.2, 0) is 16.6 Å². The number of nitrogens with one attached hydrogen (secondary N) is 2. The summed E-state index contributed by atoms with van der Waals surface area (Å²) in [4.78, 5) is 3.81. The van der Waals surface area contributed by atoms with E-state index in [0.717, 1.165) is 11.0 Å². The molecule has 0 fully saturated rings. The third-order valence-corrected chi connectivity index (χ3v) is 3.51. The first-order chi connectivity index (χ1) is 9.05. The van der Waals surface area contributed by atoms with E-state index < -0.39 is 10.0 Å². The number of aromatic nitrogens is 3. The van der Waals surface area contributed by atoms with Crippen LogP contribution in [0.3, 0.4) is 0 Å². The van der Waals surface area contributed by atoms with Crippen LogP contribution in [0, 0.1) is 0 Å². The van der Waals surface area contributed by atoms with Crippen LogP contribution in [0.1, 0.15) is 11.4 Å².